The number of nitrogens with zero attached hydrogens (tertiary/aromatic N) is 2. The molecule has 1 atom stereocenters. The summed E-state index contributed by atoms with van der Waals surface area (Å²) < 4.78 is 5.03. The summed E-state index contributed by atoms with van der Waals surface area (Å²) in [5.41, 5.74) is -0.377. The lowest BCUT2D eigenvalue weighted by Crippen LogP contribution is -2.42. The smallest absolute Gasteiger partial charge is 0.103 e. The first-order chi connectivity index (χ1) is 8.08. The molecular formula is C13H27N3O. The van der Waals surface area contributed by atoms with Gasteiger partial charge in [0, 0.05) is 13.7 Å². The Labute approximate surface area is 106 Å². The Morgan fingerprint density at radius 2 is 2.12 bits per heavy atom. The van der Waals surface area contributed by atoms with Crippen molar-refractivity contribution in [3.63, 3.8) is 0 Å². The zero-order chi connectivity index (χ0) is 13.1. The molecule has 0 aromatic rings. The van der Waals surface area contributed by atoms with Crippen molar-refractivity contribution in [2.75, 3.05) is 40.4 Å². The van der Waals surface area contributed by atoms with Crippen molar-refractivity contribution < 1.29 is 4.74 Å². The Balaban J connectivity index is 3.79. The lowest BCUT2D eigenvalue weighted by atomic mass is 9.97. The number of nitrogens with one attached hydrogen (secondary N) is 1. The van der Waals surface area contributed by atoms with Gasteiger partial charge in [-0.05, 0) is 46.3 Å². The SMILES string of the molecule is CCCNC(C)(C#N)CCCN(C)CCOC. The standard InChI is InChI=1S/C13H27N3O/c1-5-8-15-13(2,12-14)7-6-9-16(3)10-11-17-4/h15H,5-11H2,1-4H3. The summed E-state index contributed by atoms with van der Waals surface area (Å²) in [5, 5.41) is 12.5. The second-order valence-corrected chi connectivity index (χ2v) is 4.77. The van der Waals surface area contributed by atoms with Gasteiger partial charge in [0.25, 0.3) is 0 Å². The second-order valence-electron chi connectivity index (χ2n) is 4.77. The molecule has 4 heteroatoms. The van der Waals surface area contributed by atoms with Crippen LogP contribution in [0.3, 0.4) is 0 Å². The lowest BCUT2D eigenvalue weighted by Gasteiger charge is -2.24. The third-order valence-electron chi connectivity index (χ3n) is 2.91. The molecule has 0 saturated carbocycles. The Kier molecular flexibility index (Phi) is 9.06. The summed E-state index contributed by atoms with van der Waals surface area (Å²) in [7, 11) is 3.80. The van der Waals surface area contributed by atoms with Crippen LogP contribution in [0.4, 0.5) is 0 Å². The van der Waals surface area contributed by atoms with Crippen LogP contribution in [0.1, 0.15) is 33.1 Å². The summed E-state index contributed by atoms with van der Waals surface area (Å²) in [6.45, 7) is 7.72. The topological polar surface area (TPSA) is 48.3 Å². The zero-order valence-corrected chi connectivity index (χ0v) is 11.8. The third kappa shape index (κ3) is 8.14. The van der Waals surface area contributed by atoms with Crippen LogP contribution in [0, 0.1) is 11.3 Å². The van der Waals surface area contributed by atoms with E-state index in [1.54, 1.807) is 7.11 Å². The van der Waals surface area contributed by atoms with E-state index >= 15 is 0 Å². The number of likely N-dealkylation sites (N-methyl/N-ethyl adjacent to an activating group) is 1. The Hall–Kier alpha value is -0.630. The molecule has 0 saturated heterocycles. The maximum absolute atomic E-state index is 9.17. The van der Waals surface area contributed by atoms with Gasteiger partial charge in [0.05, 0.1) is 12.7 Å². The van der Waals surface area contributed by atoms with E-state index in [0.29, 0.717) is 0 Å². The molecule has 0 aliphatic carbocycles. The highest BCUT2D eigenvalue weighted by atomic mass is 16.5. The maximum atomic E-state index is 9.17. The van der Waals surface area contributed by atoms with Gasteiger partial charge in [-0.2, -0.15) is 5.26 Å². The number of ether oxygens (including phenoxy) is 1. The summed E-state index contributed by atoms with van der Waals surface area (Å²) in [4.78, 5) is 2.24. The Bertz CT molecular complexity index is 227. The zero-order valence-electron chi connectivity index (χ0n) is 11.8. The van der Waals surface area contributed by atoms with Crippen molar-refractivity contribution in [1.82, 2.24) is 10.2 Å². The molecule has 0 rings (SSSR count). The Morgan fingerprint density at radius 1 is 1.41 bits per heavy atom. The van der Waals surface area contributed by atoms with Crippen LogP contribution in [-0.4, -0.2) is 50.8 Å². The summed E-state index contributed by atoms with van der Waals surface area (Å²) in [5.74, 6) is 0. The highest BCUT2D eigenvalue weighted by Crippen LogP contribution is 2.11. The summed E-state index contributed by atoms with van der Waals surface area (Å²) in [6, 6.07) is 2.38. The monoisotopic (exact) mass is 241 g/mol. The van der Waals surface area contributed by atoms with Crippen LogP contribution in [0.15, 0.2) is 0 Å². The number of hydrogen-bond acceptors (Lipinski definition) is 4. The van der Waals surface area contributed by atoms with E-state index < -0.39 is 0 Å². The second kappa shape index (κ2) is 9.41. The molecule has 4 nitrogen and oxygen atoms in total. The van der Waals surface area contributed by atoms with Crippen molar-refractivity contribution in [2.45, 2.75) is 38.6 Å². The molecule has 1 N–H and O–H groups in total. The van der Waals surface area contributed by atoms with Crippen molar-refractivity contribution in [3.05, 3.63) is 0 Å². The molecule has 0 bridgehead atoms. The molecule has 100 valence electrons. The average Bonchev–Trinajstić information content (AvgIpc) is 2.34. The predicted molar refractivity (Wildman–Crippen MR) is 70.9 cm³/mol. The van der Waals surface area contributed by atoms with Gasteiger partial charge in [-0.25, -0.2) is 0 Å². The fourth-order valence-corrected chi connectivity index (χ4v) is 1.65. The molecule has 0 aliphatic rings. The van der Waals surface area contributed by atoms with Crippen LogP contribution in [0.25, 0.3) is 0 Å². The average molecular weight is 241 g/mol. The third-order valence-corrected chi connectivity index (χ3v) is 2.91. The predicted octanol–water partition coefficient (Wildman–Crippen LogP) is 1.63. The van der Waals surface area contributed by atoms with E-state index in [9.17, 15) is 5.26 Å². The van der Waals surface area contributed by atoms with E-state index in [1.165, 1.54) is 0 Å². The molecule has 0 fully saturated rings. The van der Waals surface area contributed by atoms with E-state index in [4.69, 9.17) is 4.74 Å². The van der Waals surface area contributed by atoms with Gasteiger partial charge < -0.3 is 9.64 Å². The van der Waals surface area contributed by atoms with E-state index in [-0.39, 0.29) is 5.54 Å². The normalized spacial score (nSPS) is 14.6. The van der Waals surface area contributed by atoms with Gasteiger partial charge in [0.15, 0.2) is 0 Å². The van der Waals surface area contributed by atoms with Crippen molar-refractivity contribution in [2.24, 2.45) is 0 Å². The molecule has 0 aromatic carbocycles. The first-order valence-corrected chi connectivity index (χ1v) is 6.41. The fourth-order valence-electron chi connectivity index (χ4n) is 1.65. The molecule has 0 heterocycles. The van der Waals surface area contributed by atoms with Crippen LogP contribution < -0.4 is 5.32 Å². The van der Waals surface area contributed by atoms with E-state index in [1.807, 2.05) is 6.92 Å². The molecule has 0 amide bonds. The van der Waals surface area contributed by atoms with Gasteiger partial charge in [-0.3, -0.25) is 5.32 Å². The van der Waals surface area contributed by atoms with E-state index in [0.717, 1.165) is 45.5 Å². The summed E-state index contributed by atoms with van der Waals surface area (Å²) in [6.07, 6.45) is 2.98. The number of nitriles is 1. The molecule has 0 aromatic heterocycles. The van der Waals surface area contributed by atoms with Gasteiger partial charge >= 0.3 is 0 Å². The van der Waals surface area contributed by atoms with Gasteiger partial charge in [0.2, 0.25) is 0 Å². The minimum Gasteiger partial charge on any atom is -0.383 e. The van der Waals surface area contributed by atoms with Gasteiger partial charge in [-0.15, -0.1) is 0 Å². The molecule has 0 aliphatic heterocycles. The number of rotatable bonds is 10. The summed E-state index contributed by atoms with van der Waals surface area (Å²) >= 11 is 0. The quantitative estimate of drug-likeness (QED) is 0.631. The molecule has 0 radical (unpaired) electrons. The van der Waals surface area contributed by atoms with Crippen LogP contribution >= 0.6 is 0 Å². The number of methoxy groups -OCH3 is 1. The van der Waals surface area contributed by atoms with Crippen molar-refractivity contribution in [3.8, 4) is 6.07 Å². The van der Waals surface area contributed by atoms with Crippen LogP contribution in [0.5, 0.6) is 0 Å². The number of hydrogen-bond donors (Lipinski definition) is 1. The van der Waals surface area contributed by atoms with Crippen molar-refractivity contribution >= 4 is 0 Å². The van der Waals surface area contributed by atoms with Crippen molar-refractivity contribution in [1.29, 1.82) is 5.26 Å². The van der Waals surface area contributed by atoms with E-state index in [2.05, 4.69) is 30.3 Å². The van der Waals surface area contributed by atoms with Gasteiger partial charge in [-0.1, -0.05) is 6.92 Å². The Morgan fingerprint density at radius 3 is 2.65 bits per heavy atom. The first kappa shape index (κ1) is 16.4. The molecule has 0 spiro atoms. The minimum absolute atomic E-state index is 0.377. The molecule has 17 heavy (non-hydrogen) atoms. The minimum atomic E-state index is -0.377. The van der Waals surface area contributed by atoms with Crippen LogP contribution in [0.2, 0.25) is 0 Å². The van der Waals surface area contributed by atoms with Gasteiger partial charge in [0.1, 0.15) is 5.54 Å². The highest BCUT2D eigenvalue weighted by Gasteiger charge is 2.21. The fraction of sp³-hybridized carbons (Fsp3) is 0.923. The lowest BCUT2D eigenvalue weighted by molar-refractivity contribution is 0.159. The molecular weight excluding hydrogens is 214 g/mol. The highest BCUT2D eigenvalue weighted by molar-refractivity contribution is 5.03. The maximum Gasteiger partial charge on any atom is 0.103 e. The largest absolute Gasteiger partial charge is 0.383 e. The van der Waals surface area contributed by atoms with Crippen LogP contribution in [-0.2, 0) is 4.74 Å². The first-order valence-electron chi connectivity index (χ1n) is 6.41. The molecule has 1 unspecified atom stereocenters.